The van der Waals surface area contributed by atoms with Gasteiger partial charge in [-0.2, -0.15) is 4.37 Å². The number of nitrogens with two attached hydrogens (primary N) is 2. The van der Waals surface area contributed by atoms with Gasteiger partial charge in [-0.25, -0.2) is 0 Å². The first-order chi connectivity index (χ1) is 19.2. The molecule has 1 saturated carbocycles. The molecular weight excluding hydrogens is 530 g/mol. The molecule has 3 amide bonds. The molecule has 5 N–H and O–H groups in total. The van der Waals surface area contributed by atoms with Crippen LogP contribution >= 0.6 is 11.5 Å². The van der Waals surface area contributed by atoms with Crippen LogP contribution in [0.1, 0.15) is 75.0 Å². The van der Waals surface area contributed by atoms with Gasteiger partial charge in [-0.3, -0.25) is 19.3 Å². The fourth-order valence-corrected chi connectivity index (χ4v) is 5.81. The second-order valence-electron chi connectivity index (χ2n) is 9.89. The number of primary amides is 1. The molecule has 0 aliphatic heterocycles. The molecular formula is C29H35N5O5S. The van der Waals surface area contributed by atoms with Crippen LogP contribution in [0.15, 0.2) is 36.4 Å². The zero-order chi connectivity index (χ0) is 29.0. The number of carbonyl (C=O) groups excluding carboxylic acids is 3. The summed E-state index contributed by atoms with van der Waals surface area (Å²) in [4.78, 5) is 41.9. The minimum Gasteiger partial charge on any atom is -0.493 e. The van der Waals surface area contributed by atoms with E-state index in [1.54, 1.807) is 24.3 Å². The Morgan fingerprint density at radius 3 is 2.38 bits per heavy atom. The summed E-state index contributed by atoms with van der Waals surface area (Å²) < 4.78 is 15.0. The Morgan fingerprint density at radius 1 is 1.05 bits per heavy atom. The Balaban J connectivity index is 1.93. The van der Waals surface area contributed by atoms with E-state index in [1.807, 2.05) is 26.0 Å². The van der Waals surface area contributed by atoms with Crippen molar-refractivity contribution in [3.05, 3.63) is 63.7 Å². The molecule has 1 aliphatic rings. The van der Waals surface area contributed by atoms with E-state index >= 15 is 0 Å². The normalized spacial score (nSPS) is 14.3. The SMILES string of the molecule is COc1ccc(C(C(=O)NC2CCCCC2)N(C(=O)c2snc(C(N)=O)c2N)c2cccc(C)c2C)cc1OC. The van der Waals surface area contributed by atoms with Crippen LogP contribution in [-0.4, -0.2) is 42.4 Å². The first kappa shape index (κ1) is 28.9. The van der Waals surface area contributed by atoms with Crippen LogP contribution in [0.25, 0.3) is 0 Å². The fourth-order valence-electron chi connectivity index (χ4n) is 5.07. The van der Waals surface area contributed by atoms with Crippen LogP contribution in [-0.2, 0) is 4.79 Å². The molecule has 3 aromatic rings. The van der Waals surface area contributed by atoms with Gasteiger partial charge in [0.1, 0.15) is 10.9 Å². The van der Waals surface area contributed by atoms with Crippen molar-refractivity contribution in [1.82, 2.24) is 9.69 Å². The summed E-state index contributed by atoms with van der Waals surface area (Å²) >= 11 is 0.776. The van der Waals surface area contributed by atoms with Crippen LogP contribution in [0.2, 0.25) is 0 Å². The summed E-state index contributed by atoms with van der Waals surface area (Å²) in [5.41, 5.74) is 14.1. The Hall–Kier alpha value is -4.12. The van der Waals surface area contributed by atoms with Gasteiger partial charge in [-0.05, 0) is 73.1 Å². The maximum absolute atomic E-state index is 14.4. The molecule has 1 fully saturated rings. The third-order valence-electron chi connectivity index (χ3n) is 7.39. The first-order valence-electron chi connectivity index (χ1n) is 13.1. The molecule has 10 nitrogen and oxygen atoms in total. The molecule has 0 radical (unpaired) electrons. The number of aryl methyl sites for hydroxylation is 1. The highest BCUT2D eigenvalue weighted by Gasteiger charge is 2.38. The lowest BCUT2D eigenvalue weighted by atomic mass is 9.94. The Kier molecular flexibility index (Phi) is 8.93. The molecule has 0 saturated heterocycles. The van der Waals surface area contributed by atoms with Crippen molar-refractivity contribution in [1.29, 1.82) is 0 Å². The highest BCUT2D eigenvalue weighted by molar-refractivity contribution is 7.09. The number of amides is 3. The number of rotatable bonds is 9. The fraction of sp³-hybridized carbons (Fsp3) is 0.379. The number of aromatic nitrogens is 1. The summed E-state index contributed by atoms with van der Waals surface area (Å²) in [7, 11) is 3.04. The van der Waals surface area contributed by atoms with Crippen molar-refractivity contribution in [3.63, 3.8) is 0 Å². The number of nitrogens with one attached hydrogen (secondary N) is 1. The lowest BCUT2D eigenvalue weighted by Crippen LogP contribution is -2.47. The van der Waals surface area contributed by atoms with Crippen molar-refractivity contribution >= 4 is 40.6 Å². The number of anilines is 2. The zero-order valence-electron chi connectivity index (χ0n) is 23.2. The van der Waals surface area contributed by atoms with E-state index in [0.717, 1.165) is 54.8 Å². The minimum absolute atomic E-state index is 0.00519. The van der Waals surface area contributed by atoms with Gasteiger partial charge in [-0.1, -0.05) is 37.5 Å². The number of hydrogen-bond donors (Lipinski definition) is 3. The maximum atomic E-state index is 14.4. The summed E-state index contributed by atoms with van der Waals surface area (Å²) in [6.45, 7) is 3.82. The van der Waals surface area contributed by atoms with E-state index in [-0.39, 0.29) is 28.2 Å². The van der Waals surface area contributed by atoms with Crippen LogP contribution in [0, 0.1) is 13.8 Å². The summed E-state index contributed by atoms with van der Waals surface area (Å²) in [5, 5.41) is 3.19. The summed E-state index contributed by atoms with van der Waals surface area (Å²) in [5.74, 6) is -0.851. The minimum atomic E-state index is -1.10. The molecule has 1 aliphatic carbocycles. The highest BCUT2D eigenvalue weighted by Crippen LogP contribution is 2.38. The molecule has 1 atom stereocenters. The van der Waals surface area contributed by atoms with Crippen LogP contribution in [0.4, 0.5) is 11.4 Å². The van der Waals surface area contributed by atoms with E-state index in [2.05, 4.69) is 9.69 Å². The Bertz CT molecular complexity index is 1420. The van der Waals surface area contributed by atoms with Crippen molar-refractivity contribution < 1.29 is 23.9 Å². The number of nitrogens with zero attached hydrogens (tertiary/aromatic N) is 2. The molecule has 2 aromatic carbocycles. The molecule has 212 valence electrons. The molecule has 4 rings (SSSR count). The predicted molar refractivity (Wildman–Crippen MR) is 155 cm³/mol. The average molecular weight is 566 g/mol. The molecule has 40 heavy (non-hydrogen) atoms. The lowest BCUT2D eigenvalue weighted by Gasteiger charge is -2.34. The van der Waals surface area contributed by atoms with Crippen LogP contribution < -0.4 is 31.2 Å². The number of methoxy groups -OCH3 is 2. The van der Waals surface area contributed by atoms with E-state index < -0.39 is 17.9 Å². The average Bonchev–Trinajstić information content (AvgIpc) is 3.34. The molecule has 1 unspecified atom stereocenters. The Morgan fingerprint density at radius 2 is 1.75 bits per heavy atom. The Labute approximate surface area is 237 Å². The van der Waals surface area contributed by atoms with Crippen LogP contribution in [0.3, 0.4) is 0 Å². The third kappa shape index (κ3) is 5.74. The third-order valence-corrected chi connectivity index (χ3v) is 8.24. The second kappa shape index (κ2) is 12.4. The molecule has 1 heterocycles. The lowest BCUT2D eigenvalue weighted by molar-refractivity contribution is -0.123. The number of benzene rings is 2. The molecule has 11 heteroatoms. The quantitative estimate of drug-likeness (QED) is 0.350. The number of ether oxygens (including phenoxy) is 2. The van der Waals surface area contributed by atoms with Gasteiger partial charge in [0.2, 0.25) is 5.91 Å². The van der Waals surface area contributed by atoms with E-state index in [4.69, 9.17) is 20.9 Å². The standard InChI is InChI=1S/C29H35N5O5S/c1-16-9-8-12-20(17(16)2)34(29(37)26-23(30)24(27(31)35)33-40-26)25(28(36)32-19-10-6-5-7-11-19)18-13-14-21(38-3)22(15-18)39-4/h8-9,12-15,19,25H,5-7,10-11,30H2,1-4H3,(H2,31,35)(H,32,36). The smallest absolute Gasteiger partial charge is 0.273 e. The van der Waals surface area contributed by atoms with Crippen molar-refractivity contribution in [3.8, 4) is 11.5 Å². The van der Waals surface area contributed by atoms with Crippen molar-refractivity contribution in [2.24, 2.45) is 5.73 Å². The van der Waals surface area contributed by atoms with Crippen molar-refractivity contribution in [2.75, 3.05) is 24.9 Å². The maximum Gasteiger partial charge on any atom is 0.273 e. The first-order valence-corrected chi connectivity index (χ1v) is 13.9. The van der Waals surface area contributed by atoms with E-state index in [1.165, 1.54) is 19.1 Å². The molecule has 0 bridgehead atoms. The zero-order valence-corrected chi connectivity index (χ0v) is 24.0. The van der Waals surface area contributed by atoms with E-state index in [0.29, 0.717) is 22.7 Å². The number of nitrogen functional groups attached to an aromatic ring is 1. The van der Waals surface area contributed by atoms with Gasteiger partial charge >= 0.3 is 0 Å². The number of carbonyl (C=O) groups is 3. The highest BCUT2D eigenvalue weighted by atomic mass is 32.1. The molecule has 1 aromatic heterocycles. The second-order valence-corrected chi connectivity index (χ2v) is 10.7. The largest absolute Gasteiger partial charge is 0.493 e. The van der Waals surface area contributed by atoms with Gasteiger partial charge in [0.15, 0.2) is 17.2 Å². The molecule has 0 spiro atoms. The van der Waals surface area contributed by atoms with Gasteiger partial charge in [0.05, 0.1) is 19.9 Å². The van der Waals surface area contributed by atoms with E-state index in [9.17, 15) is 14.4 Å². The van der Waals surface area contributed by atoms with Crippen molar-refractivity contribution in [2.45, 2.75) is 58.0 Å². The summed E-state index contributed by atoms with van der Waals surface area (Å²) in [6, 6.07) is 9.57. The van der Waals surface area contributed by atoms with Crippen LogP contribution in [0.5, 0.6) is 11.5 Å². The predicted octanol–water partition coefficient (Wildman–Crippen LogP) is 4.30. The summed E-state index contributed by atoms with van der Waals surface area (Å²) in [6.07, 6.45) is 4.92. The van der Waals surface area contributed by atoms with Gasteiger partial charge < -0.3 is 26.3 Å². The van der Waals surface area contributed by atoms with Gasteiger partial charge in [-0.15, -0.1) is 0 Å². The monoisotopic (exact) mass is 565 g/mol. The van der Waals surface area contributed by atoms with Gasteiger partial charge in [0, 0.05) is 11.7 Å². The number of hydrogen-bond acceptors (Lipinski definition) is 8. The topological polar surface area (TPSA) is 150 Å². The van der Waals surface area contributed by atoms with Gasteiger partial charge in [0.25, 0.3) is 11.8 Å².